The molecule has 0 aromatic heterocycles. The van der Waals surface area contributed by atoms with Crippen LogP contribution in [0.4, 0.5) is 0 Å². The van der Waals surface area contributed by atoms with Crippen LogP contribution in [0.25, 0.3) is 6.08 Å². The third-order valence-corrected chi connectivity index (χ3v) is 1.46. The quantitative estimate of drug-likeness (QED) is 0.564. The molecule has 0 spiro atoms. The van der Waals surface area contributed by atoms with E-state index in [4.69, 9.17) is 11.6 Å². The molecule has 1 aromatic carbocycles. The maximum absolute atomic E-state index is 9.89. The smallest absolute Gasteiger partial charge is 0.125 e. The van der Waals surface area contributed by atoms with Crippen LogP contribution in [0.2, 0.25) is 5.02 Å². The highest BCUT2D eigenvalue weighted by Crippen LogP contribution is 2.14. The van der Waals surface area contributed by atoms with Crippen molar-refractivity contribution in [3.63, 3.8) is 0 Å². The molecular weight excluding hydrogens is 148 g/mol. The van der Waals surface area contributed by atoms with E-state index in [0.29, 0.717) is 10.6 Å². The second kappa shape index (κ2) is 3.21. The van der Waals surface area contributed by atoms with E-state index in [1.807, 2.05) is 12.1 Å². The number of benzene rings is 1. The van der Waals surface area contributed by atoms with Crippen molar-refractivity contribution >= 4 is 23.6 Å². The average molecular weight is 153 g/mol. The Morgan fingerprint density at radius 2 is 2.10 bits per heavy atom. The van der Waals surface area contributed by atoms with Gasteiger partial charge in [0, 0.05) is 16.7 Å². The van der Waals surface area contributed by atoms with E-state index in [9.17, 15) is 4.79 Å². The first-order valence-corrected chi connectivity index (χ1v) is 3.18. The van der Waals surface area contributed by atoms with Crippen molar-refractivity contribution in [3.05, 3.63) is 34.9 Å². The summed E-state index contributed by atoms with van der Waals surface area (Å²) in [7, 11) is 0. The highest BCUT2D eigenvalue weighted by atomic mass is 35.5. The standard InChI is InChI=1S/C8H5ClO/c9-8-4-2-1-3-7(8)5-6-10/h1-5H. The molecule has 0 fully saturated rings. The van der Waals surface area contributed by atoms with Crippen LogP contribution in [0.1, 0.15) is 5.56 Å². The molecule has 0 saturated heterocycles. The average Bonchev–Trinajstić information content (AvgIpc) is 1.94. The van der Waals surface area contributed by atoms with Crippen LogP contribution in [0.3, 0.4) is 0 Å². The molecule has 0 amide bonds. The van der Waals surface area contributed by atoms with Gasteiger partial charge in [0.05, 0.1) is 0 Å². The molecule has 0 unspecified atom stereocenters. The number of halogens is 1. The minimum absolute atomic E-state index is 0.575. The summed E-state index contributed by atoms with van der Waals surface area (Å²) in [5.74, 6) is 1.67. The molecule has 1 nitrogen and oxygen atoms in total. The Bertz CT molecular complexity index is 274. The van der Waals surface area contributed by atoms with Crippen molar-refractivity contribution in [3.8, 4) is 0 Å². The van der Waals surface area contributed by atoms with Crippen LogP contribution in [0, 0.1) is 0 Å². The Morgan fingerprint density at radius 1 is 1.40 bits per heavy atom. The number of hydrogen-bond donors (Lipinski definition) is 0. The van der Waals surface area contributed by atoms with Gasteiger partial charge in [0.15, 0.2) is 0 Å². The van der Waals surface area contributed by atoms with E-state index in [1.54, 1.807) is 18.1 Å². The first-order valence-electron chi connectivity index (χ1n) is 2.80. The van der Waals surface area contributed by atoms with Gasteiger partial charge in [-0.2, -0.15) is 0 Å². The fraction of sp³-hybridized carbons (Fsp3) is 0. The van der Waals surface area contributed by atoms with Gasteiger partial charge < -0.3 is 0 Å². The molecule has 0 heterocycles. The summed E-state index contributed by atoms with van der Waals surface area (Å²) in [6.07, 6.45) is 1.31. The third-order valence-electron chi connectivity index (χ3n) is 1.12. The van der Waals surface area contributed by atoms with Gasteiger partial charge in [-0.25, -0.2) is 4.79 Å². The van der Waals surface area contributed by atoms with Crippen molar-refractivity contribution in [2.75, 3.05) is 0 Å². The minimum Gasteiger partial charge on any atom is -0.233 e. The van der Waals surface area contributed by atoms with Crippen LogP contribution < -0.4 is 0 Å². The summed E-state index contributed by atoms with van der Waals surface area (Å²) in [4.78, 5) is 9.89. The maximum Gasteiger partial charge on any atom is 0.125 e. The fourth-order valence-corrected chi connectivity index (χ4v) is 0.846. The van der Waals surface area contributed by atoms with E-state index in [0.717, 1.165) is 0 Å². The molecule has 1 rings (SSSR count). The summed E-state index contributed by atoms with van der Waals surface area (Å²) in [6.45, 7) is 0. The van der Waals surface area contributed by atoms with Crippen molar-refractivity contribution < 1.29 is 4.79 Å². The molecule has 0 radical (unpaired) electrons. The molecule has 0 aliphatic rings. The SMILES string of the molecule is O=C=Cc1ccccc1Cl. The Hall–Kier alpha value is -1.04. The van der Waals surface area contributed by atoms with Crippen LogP contribution in [-0.2, 0) is 4.79 Å². The Balaban J connectivity index is 3.14. The van der Waals surface area contributed by atoms with E-state index in [-0.39, 0.29) is 0 Å². The predicted molar refractivity (Wildman–Crippen MR) is 41.6 cm³/mol. The molecule has 50 valence electrons. The van der Waals surface area contributed by atoms with Crippen LogP contribution in [0.15, 0.2) is 24.3 Å². The Labute approximate surface area is 63.9 Å². The molecule has 0 saturated carbocycles. The van der Waals surface area contributed by atoms with E-state index < -0.39 is 0 Å². The van der Waals surface area contributed by atoms with E-state index in [2.05, 4.69) is 0 Å². The van der Waals surface area contributed by atoms with Crippen molar-refractivity contribution in [1.29, 1.82) is 0 Å². The van der Waals surface area contributed by atoms with Gasteiger partial charge in [0.2, 0.25) is 0 Å². The molecule has 0 atom stereocenters. The number of hydrogen-bond acceptors (Lipinski definition) is 1. The summed E-state index contributed by atoms with van der Waals surface area (Å²) in [5.41, 5.74) is 0.708. The normalized spacial score (nSPS) is 8.50. The number of rotatable bonds is 1. The van der Waals surface area contributed by atoms with Gasteiger partial charge in [-0.15, -0.1) is 0 Å². The van der Waals surface area contributed by atoms with E-state index >= 15 is 0 Å². The van der Waals surface area contributed by atoms with Crippen molar-refractivity contribution in [2.45, 2.75) is 0 Å². The molecule has 0 aliphatic heterocycles. The summed E-state index contributed by atoms with van der Waals surface area (Å²) >= 11 is 5.69. The highest BCUT2D eigenvalue weighted by molar-refractivity contribution is 6.32. The minimum atomic E-state index is 0.575. The van der Waals surface area contributed by atoms with Gasteiger partial charge in [-0.1, -0.05) is 29.8 Å². The zero-order valence-electron chi connectivity index (χ0n) is 5.17. The largest absolute Gasteiger partial charge is 0.233 e. The first-order chi connectivity index (χ1) is 4.84. The second-order valence-corrected chi connectivity index (χ2v) is 2.19. The fourth-order valence-electron chi connectivity index (χ4n) is 0.656. The molecule has 0 bridgehead atoms. The van der Waals surface area contributed by atoms with Crippen LogP contribution >= 0.6 is 11.6 Å². The predicted octanol–water partition coefficient (Wildman–Crippen LogP) is 2.18. The molecule has 2 heteroatoms. The van der Waals surface area contributed by atoms with Crippen LogP contribution in [0.5, 0.6) is 0 Å². The van der Waals surface area contributed by atoms with Crippen molar-refractivity contribution in [1.82, 2.24) is 0 Å². The molecule has 0 N–H and O–H groups in total. The lowest BCUT2D eigenvalue weighted by Crippen LogP contribution is -1.71. The summed E-state index contributed by atoms with van der Waals surface area (Å²) < 4.78 is 0. The lowest BCUT2D eigenvalue weighted by atomic mass is 10.2. The summed E-state index contributed by atoms with van der Waals surface area (Å²) in [6, 6.07) is 7.11. The summed E-state index contributed by atoms with van der Waals surface area (Å²) in [5, 5.41) is 0.575. The zero-order chi connectivity index (χ0) is 7.40. The molecule has 0 aliphatic carbocycles. The Kier molecular flexibility index (Phi) is 2.27. The van der Waals surface area contributed by atoms with Gasteiger partial charge in [0.1, 0.15) is 5.94 Å². The third kappa shape index (κ3) is 1.47. The number of carbonyl (C=O) groups excluding carboxylic acids is 1. The van der Waals surface area contributed by atoms with E-state index in [1.165, 1.54) is 6.08 Å². The first kappa shape index (κ1) is 7.07. The lowest BCUT2D eigenvalue weighted by Gasteiger charge is -1.91. The highest BCUT2D eigenvalue weighted by Gasteiger charge is 1.91. The molecule has 1 aromatic rings. The maximum atomic E-state index is 9.89. The van der Waals surface area contributed by atoms with Crippen LogP contribution in [-0.4, -0.2) is 5.94 Å². The zero-order valence-corrected chi connectivity index (χ0v) is 5.93. The molecule has 10 heavy (non-hydrogen) atoms. The topological polar surface area (TPSA) is 17.1 Å². The van der Waals surface area contributed by atoms with Gasteiger partial charge >= 0.3 is 0 Å². The second-order valence-electron chi connectivity index (χ2n) is 1.78. The lowest BCUT2D eigenvalue weighted by molar-refractivity contribution is 0.570. The van der Waals surface area contributed by atoms with Gasteiger partial charge in [-0.05, 0) is 6.07 Å². The molecular formula is C8H5ClO. The monoisotopic (exact) mass is 152 g/mol. The van der Waals surface area contributed by atoms with Gasteiger partial charge in [-0.3, -0.25) is 0 Å². The Morgan fingerprint density at radius 3 is 2.70 bits per heavy atom. The van der Waals surface area contributed by atoms with Crippen molar-refractivity contribution in [2.24, 2.45) is 0 Å². The van der Waals surface area contributed by atoms with Gasteiger partial charge in [0.25, 0.3) is 0 Å².